The number of carbonyl (C=O) groups is 1. The van der Waals surface area contributed by atoms with Crippen LogP contribution in [0.25, 0.3) is 0 Å². The van der Waals surface area contributed by atoms with Crippen LogP contribution in [0, 0.1) is 0 Å². The van der Waals surface area contributed by atoms with Gasteiger partial charge in [-0.15, -0.1) is 0 Å². The minimum absolute atomic E-state index is 0.0253. The van der Waals surface area contributed by atoms with Crippen LogP contribution in [-0.4, -0.2) is 22.0 Å². The maximum atomic E-state index is 10.2. The molecule has 0 unspecified atom stereocenters. The highest BCUT2D eigenvalue weighted by Gasteiger charge is 2.08. The number of carbonyl (C=O) groups excluding carboxylic acids is 1. The number of benzene rings is 1. The van der Waals surface area contributed by atoms with Crippen molar-refractivity contribution in [3.63, 3.8) is 0 Å². The number of anilines is 1. The number of hydrogen-bond acceptors (Lipinski definition) is 3. The first-order valence-electron chi connectivity index (χ1n) is 3.96. The van der Waals surface area contributed by atoms with Gasteiger partial charge < -0.3 is 15.5 Å². The smallest absolute Gasteiger partial charge is 0.211 e. The topological polar surface area (TPSA) is 69.6 Å². The highest BCUT2D eigenvalue weighted by Crippen LogP contribution is 2.27. The van der Waals surface area contributed by atoms with Gasteiger partial charge in [0.05, 0.1) is 11.8 Å². The van der Waals surface area contributed by atoms with E-state index in [9.17, 15) is 15.0 Å². The molecule has 1 atom stereocenters. The van der Waals surface area contributed by atoms with Gasteiger partial charge in [0.25, 0.3) is 0 Å². The Hall–Kier alpha value is -1.07. The van der Waals surface area contributed by atoms with E-state index in [1.165, 1.54) is 12.1 Å². The largest absolute Gasteiger partial charge is 0.506 e. The maximum Gasteiger partial charge on any atom is 0.211 e. The molecular weight excluding hydrogens is 250 g/mol. The lowest BCUT2D eigenvalue weighted by molar-refractivity contribution is -0.105. The van der Waals surface area contributed by atoms with Crippen molar-refractivity contribution >= 4 is 28.0 Å². The number of nitrogens with one attached hydrogen (secondary N) is 1. The molecule has 1 rings (SSSR count). The normalized spacial score (nSPS) is 12.1. The molecule has 0 radical (unpaired) electrons. The third-order valence-electron chi connectivity index (χ3n) is 1.77. The van der Waals surface area contributed by atoms with Crippen molar-refractivity contribution in [2.45, 2.75) is 6.10 Å². The van der Waals surface area contributed by atoms with Gasteiger partial charge in [0, 0.05) is 5.33 Å². The summed E-state index contributed by atoms with van der Waals surface area (Å²) in [7, 11) is 0. The van der Waals surface area contributed by atoms with Crippen LogP contribution in [0.2, 0.25) is 0 Å². The molecule has 1 aromatic carbocycles. The number of aromatic hydroxyl groups is 1. The number of alkyl halides is 1. The zero-order valence-electron chi connectivity index (χ0n) is 7.27. The number of amides is 1. The minimum Gasteiger partial charge on any atom is -0.506 e. The number of phenolic OH excluding ortho intramolecular Hbond substituents is 1. The van der Waals surface area contributed by atoms with Gasteiger partial charge in [0.1, 0.15) is 5.75 Å². The summed E-state index contributed by atoms with van der Waals surface area (Å²) in [6.45, 7) is 0. The number of hydrogen-bond donors (Lipinski definition) is 3. The molecule has 0 saturated carbocycles. The highest BCUT2D eigenvalue weighted by atomic mass is 79.9. The van der Waals surface area contributed by atoms with Crippen molar-refractivity contribution < 1.29 is 15.0 Å². The van der Waals surface area contributed by atoms with Crippen molar-refractivity contribution in [3.8, 4) is 5.75 Å². The van der Waals surface area contributed by atoms with Gasteiger partial charge in [-0.25, -0.2) is 0 Å². The second-order valence-corrected chi connectivity index (χ2v) is 3.36. The third-order valence-corrected chi connectivity index (χ3v) is 2.38. The average Bonchev–Trinajstić information content (AvgIpc) is 2.20. The van der Waals surface area contributed by atoms with Crippen LogP contribution in [0.3, 0.4) is 0 Å². The summed E-state index contributed by atoms with van der Waals surface area (Å²) in [4.78, 5) is 10.2. The zero-order valence-corrected chi connectivity index (χ0v) is 8.86. The fourth-order valence-electron chi connectivity index (χ4n) is 1.03. The summed E-state index contributed by atoms with van der Waals surface area (Å²) >= 11 is 3.13. The first-order chi connectivity index (χ1) is 6.69. The van der Waals surface area contributed by atoms with Gasteiger partial charge >= 0.3 is 0 Å². The second-order valence-electron chi connectivity index (χ2n) is 2.71. The first kappa shape index (κ1) is 11.0. The lowest BCUT2D eigenvalue weighted by Gasteiger charge is -2.09. The fourth-order valence-corrected chi connectivity index (χ4v) is 1.40. The fraction of sp³-hybridized carbons (Fsp3) is 0.222. The molecule has 1 amide bonds. The molecule has 0 aromatic heterocycles. The van der Waals surface area contributed by atoms with E-state index in [0.29, 0.717) is 17.3 Å². The van der Waals surface area contributed by atoms with Crippen molar-refractivity contribution in [2.24, 2.45) is 0 Å². The molecule has 0 aliphatic rings. The molecule has 76 valence electrons. The Morgan fingerprint density at radius 3 is 2.86 bits per heavy atom. The molecule has 0 heterocycles. The summed E-state index contributed by atoms with van der Waals surface area (Å²) in [5.74, 6) is -0.0253. The van der Waals surface area contributed by atoms with Crippen molar-refractivity contribution in [1.29, 1.82) is 0 Å². The molecule has 14 heavy (non-hydrogen) atoms. The summed E-state index contributed by atoms with van der Waals surface area (Å²) in [5, 5.41) is 21.5. The van der Waals surface area contributed by atoms with Crippen LogP contribution in [0.1, 0.15) is 11.7 Å². The quantitative estimate of drug-likeness (QED) is 0.435. The molecule has 0 aliphatic carbocycles. The minimum atomic E-state index is -0.650. The molecule has 1 aromatic rings. The van der Waals surface area contributed by atoms with E-state index in [2.05, 4.69) is 21.2 Å². The van der Waals surface area contributed by atoms with Gasteiger partial charge in [0.2, 0.25) is 6.41 Å². The summed E-state index contributed by atoms with van der Waals surface area (Å²) in [6.07, 6.45) is -0.179. The molecule has 0 spiro atoms. The Morgan fingerprint density at radius 2 is 2.29 bits per heavy atom. The van der Waals surface area contributed by atoms with E-state index in [0.717, 1.165) is 0 Å². The Bertz CT molecular complexity index is 330. The van der Waals surface area contributed by atoms with Gasteiger partial charge in [0.15, 0.2) is 0 Å². The van der Waals surface area contributed by atoms with Gasteiger partial charge in [-0.05, 0) is 17.7 Å². The summed E-state index contributed by atoms with van der Waals surface area (Å²) in [6, 6.07) is 4.54. The maximum absolute atomic E-state index is 10.2. The monoisotopic (exact) mass is 259 g/mol. The van der Waals surface area contributed by atoms with Crippen molar-refractivity contribution in [1.82, 2.24) is 0 Å². The second kappa shape index (κ2) is 4.97. The Labute approximate surface area is 89.7 Å². The molecule has 0 bridgehead atoms. The Kier molecular flexibility index (Phi) is 3.91. The third kappa shape index (κ3) is 2.46. The van der Waals surface area contributed by atoms with Crippen LogP contribution >= 0.6 is 15.9 Å². The van der Waals surface area contributed by atoms with Gasteiger partial charge in [-0.2, -0.15) is 0 Å². The summed E-state index contributed by atoms with van der Waals surface area (Å²) in [5.41, 5.74) is 0.918. The number of rotatable bonds is 4. The molecule has 4 nitrogen and oxygen atoms in total. The van der Waals surface area contributed by atoms with Gasteiger partial charge in [-0.3, -0.25) is 4.79 Å². The molecular formula is C9H10BrNO3. The van der Waals surface area contributed by atoms with E-state index in [1.807, 2.05) is 0 Å². The Balaban J connectivity index is 2.99. The Morgan fingerprint density at radius 1 is 1.57 bits per heavy atom. The van der Waals surface area contributed by atoms with Crippen LogP contribution in [-0.2, 0) is 4.79 Å². The predicted octanol–water partition coefficient (Wildman–Crippen LogP) is 1.39. The standard InChI is InChI=1S/C9H10BrNO3/c10-4-9(14)6-1-2-8(13)7(3-6)11-5-12/h1-3,5,9,13-14H,4H2,(H,11,12)/t9-/m0/s1. The first-order valence-corrected chi connectivity index (χ1v) is 5.08. The average molecular weight is 260 g/mol. The van der Waals surface area contributed by atoms with Crippen LogP contribution in [0.5, 0.6) is 5.75 Å². The van der Waals surface area contributed by atoms with Crippen molar-refractivity contribution in [3.05, 3.63) is 23.8 Å². The number of halogens is 1. The van der Waals surface area contributed by atoms with Crippen LogP contribution in [0.15, 0.2) is 18.2 Å². The predicted molar refractivity (Wildman–Crippen MR) is 56.5 cm³/mol. The number of aliphatic hydroxyl groups excluding tert-OH is 1. The van der Waals surface area contributed by atoms with E-state index < -0.39 is 6.10 Å². The van der Waals surface area contributed by atoms with E-state index in [-0.39, 0.29) is 11.4 Å². The van der Waals surface area contributed by atoms with Crippen molar-refractivity contribution in [2.75, 3.05) is 10.6 Å². The van der Waals surface area contributed by atoms with Gasteiger partial charge in [-0.1, -0.05) is 22.0 Å². The number of phenols is 1. The van der Waals surface area contributed by atoms with Crippen LogP contribution < -0.4 is 5.32 Å². The SMILES string of the molecule is O=CNc1cc([C@@H](O)CBr)ccc1O. The van der Waals surface area contributed by atoms with Crippen LogP contribution in [0.4, 0.5) is 5.69 Å². The highest BCUT2D eigenvalue weighted by molar-refractivity contribution is 9.09. The summed E-state index contributed by atoms with van der Waals surface area (Å²) < 4.78 is 0. The molecule has 0 saturated heterocycles. The van der Waals surface area contributed by atoms with E-state index in [1.54, 1.807) is 6.07 Å². The van der Waals surface area contributed by atoms with E-state index >= 15 is 0 Å². The lowest BCUT2D eigenvalue weighted by Crippen LogP contribution is -2.00. The molecule has 0 aliphatic heterocycles. The van der Waals surface area contributed by atoms with E-state index in [4.69, 9.17) is 0 Å². The molecule has 5 heteroatoms. The lowest BCUT2D eigenvalue weighted by atomic mass is 10.1. The molecule has 0 fully saturated rings. The zero-order chi connectivity index (χ0) is 10.6. The number of aliphatic hydroxyl groups is 1. The molecule has 3 N–H and O–H groups in total.